The summed E-state index contributed by atoms with van der Waals surface area (Å²) in [5, 5.41) is 3.11. The van der Waals surface area contributed by atoms with Crippen LogP contribution in [0.3, 0.4) is 0 Å². The second kappa shape index (κ2) is 8.23. The van der Waals surface area contributed by atoms with Crippen LogP contribution >= 0.6 is 0 Å². The zero-order valence-corrected chi connectivity index (χ0v) is 19.0. The van der Waals surface area contributed by atoms with Crippen LogP contribution in [0, 0.1) is 6.92 Å². The van der Waals surface area contributed by atoms with Gasteiger partial charge >= 0.3 is 0 Å². The summed E-state index contributed by atoms with van der Waals surface area (Å²) in [6.45, 7) is 4.54. The molecule has 0 fully saturated rings. The van der Waals surface area contributed by atoms with Crippen LogP contribution in [0.1, 0.15) is 21.7 Å². The van der Waals surface area contributed by atoms with Gasteiger partial charge in [-0.2, -0.15) is 0 Å². The number of aryl methyl sites for hydroxylation is 1. The summed E-state index contributed by atoms with van der Waals surface area (Å²) in [6.07, 6.45) is 3.97. The molecule has 1 N–H and O–H groups in total. The molecular formula is C28H25N5O. The lowest BCUT2D eigenvalue weighted by molar-refractivity contribution is 0.102. The molecule has 1 aliphatic rings. The van der Waals surface area contributed by atoms with Crippen molar-refractivity contribution in [3.8, 4) is 5.69 Å². The molecule has 6 heteroatoms. The monoisotopic (exact) mass is 447 g/mol. The predicted molar refractivity (Wildman–Crippen MR) is 136 cm³/mol. The van der Waals surface area contributed by atoms with Crippen molar-refractivity contribution < 1.29 is 4.79 Å². The van der Waals surface area contributed by atoms with Gasteiger partial charge in [-0.25, -0.2) is 4.98 Å². The van der Waals surface area contributed by atoms with Gasteiger partial charge in [0.1, 0.15) is 5.82 Å². The molecule has 1 aliphatic heterocycles. The van der Waals surface area contributed by atoms with Gasteiger partial charge in [-0.05, 0) is 73.2 Å². The fraction of sp³-hybridized carbons (Fsp3) is 0.143. The van der Waals surface area contributed by atoms with Crippen LogP contribution < -0.4 is 10.2 Å². The normalized spacial score (nSPS) is 13.1. The molecule has 0 radical (unpaired) electrons. The number of aromatic nitrogens is 3. The van der Waals surface area contributed by atoms with Crippen LogP contribution in [0.4, 0.5) is 11.4 Å². The maximum absolute atomic E-state index is 13.0. The van der Waals surface area contributed by atoms with Gasteiger partial charge in [0.25, 0.3) is 5.91 Å². The van der Waals surface area contributed by atoms with Gasteiger partial charge in [-0.3, -0.25) is 4.79 Å². The molecule has 3 aromatic carbocycles. The lowest BCUT2D eigenvalue weighted by atomic mass is 10.1. The molecule has 6 nitrogen and oxygen atoms in total. The number of anilines is 2. The van der Waals surface area contributed by atoms with Crippen LogP contribution in [-0.2, 0) is 13.1 Å². The van der Waals surface area contributed by atoms with Crippen molar-refractivity contribution in [3.05, 3.63) is 108 Å². The van der Waals surface area contributed by atoms with E-state index >= 15 is 0 Å². The lowest BCUT2D eigenvalue weighted by Gasteiger charge is -2.30. The van der Waals surface area contributed by atoms with Crippen LogP contribution in [0.25, 0.3) is 16.7 Å². The Morgan fingerprint density at radius 2 is 1.65 bits per heavy atom. The van der Waals surface area contributed by atoms with Crippen LogP contribution in [-0.4, -0.2) is 26.6 Å². The van der Waals surface area contributed by atoms with Gasteiger partial charge in [0.15, 0.2) is 0 Å². The topological polar surface area (TPSA) is 55.1 Å². The highest BCUT2D eigenvalue weighted by Crippen LogP contribution is 2.28. The van der Waals surface area contributed by atoms with Gasteiger partial charge < -0.3 is 19.4 Å². The Bertz CT molecular complexity index is 1480. The second-order valence-corrected chi connectivity index (χ2v) is 8.68. The third-order valence-corrected chi connectivity index (χ3v) is 6.53. The number of hydrogen-bond donors (Lipinski definition) is 1. The minimum Gasteiger partial charge on any atom is -0.362 e. The Balaban J connectivity index is 1.21. The molecule has 0 atom stereocenters. The highest BCUT2D eigenvalue weighted by molar-refractivity contribution is 6.05. The van der Waals surface area contributed by atoms with Crippen LogP contribution in [0.15, 0.2) is 91.3 Å². The first-order chi connectivity index (χ1) is 16.7. The SMILES string of the molecule is Cc1ccc(N2CCn3c(nc4ccccc43)C2)cc1NC(=O)c1ccc(-n2cccc2)cc1. The summed E-state index contributed by atoms with van der Waals surface area (Å²) in [6, 6.07) is 26.1. The maximum Gasteiger partial charge on any atom is 0.255 e. The summed E-state index contributed by atoms with van der Waals surface area (Å²) in [4.78, 5) is 20.1. The average molecular weight is 448 g/mol. The summed E-state index contributed by atoms with van der Waals surface area (Å²) in [7, 11) is 0. The smallest absolute Gasteiger partial charge is 0.255 e. The highest BCUT2D eigenvalue weighted by atomic mass is 16.1. The number of rotatable bonds is 4. The number of carbonyl (C=O) groups excluding carboxylic acids is 1. The summed E-state index contributed by atoms with van der Waals surface area (Å²) in [5.74, 6) is 0.959. The van der Waals surface area contributed by atoms with Gasteiger partial charge in [0, 0.05) is 48.1 Å². The van der Waals surface area contributed by atoms with Crippen LogP contribution in [0.2, 0.25) is 0 Å². The molecule has 0 aliphatic carbocycles. The lowest BCUT2D eigenvalue weighted by Crippen LogP contribution is -2.33. The van der Waals surface area contributed by atoms with E-state index in [2.05, 4.69) is 51.2 Å². The Kier molecular flexibility index (Phi) is 4.91. The largest absolute Gasteiger partial charge is 0.362 e. The third kappa shape index (κ3) is 3.63. The van der Waals surface area contributed by atoms with Gasteiger partial charge in [0.2, 0.25) is 0 Å². The molecule has 6 rings (SSSR count). The molecule has 34 heavy (non-hydrogen) atoms. The second-order valence-electron chi connectivity index (χ2n) is 8.68. The number of imidazole rings is 1. The first kappa shape index (κ1) is 20.3. The summed E-state index contributed by atoms with van der Waals surface area (Å²) in [5.41, 5.74) is 6.84. The summed E-state index contributed by atoms with van der Waals surface area (Å²) < 4.78 is 4.32. The number of benzene rings is 3. The molecule has 168 valence electrons. The fourth-order valence-corrected chi connectivity index (χ4v) is 4.61. The van der Waals surface area contributed by atoms with E-state index in [-0.39, 0.29) is 5.91 Å². The number of carbonyl (C=O) groups is 1. The molecule has 3 heterocycles. The number of fused-ring (bicyclic) bond motifs is 3. The van der Waals surface area contributed by atoms with Gasteiger partial charge in [-0.15, -0.1) is 0 Å². The zero-order chi connectivity index (χ0) is 23.1. The first-order valence-corrected chi connectivity index (χ1v) is 11.5. The molecule has 0 saturated carbocycles. The van der Waals surface area contributed by atoms with E-state index in [9.17, 15) is 4.79 Å². The van der Waals surface area contributed by atoms with E-state index in [0.29, 0.717) is 5.56 Å². The molecule has 0 unspecified atom stereocenters. The van der Waals surface area contributed by atoms with Gasteiger partial charge in [-0.1, -0.05) is 18.2 Å². The van der Waals surface area contributed by atoms with Crippen molar-refractivity contribution in [2.24, 2.45) is 0 Å². The average Bonchev–Trinajstić information content (AvgIpc) is 3.53. The molecule has 0 bridgehead atoms. The van der Waals surface area contributed by atoms with E-state index in [1.807, 2.05) is 66.3 Å². The molecule has 2 aromatic heterocycles. The van der Waals surface area contributed by atoms with E-state index < -0.39 is 0 Å². The zero-order valence-electron chi connectivity index (χ0n) is 19.0. The quantitative estimate of drug-likeness (QED) is 0.401. The minimum atomic E-state index is -0.111. The van der Waals surface area contributed by atoms with Crippen molar-refractivity contribution >= 4 is 28.3 Å². The molecule has 0 spiro atoms. The minimum absolute atomic E-state index is 0.111. The Hall–Kier alpha value is -4.32. The molecule has 0 saturated heterocycles. The van der Waals surface area contributed by atoms with E-state index in [1.54, 1.807) is 0 Å². The Labute approximate surface area is 198 Å². The molecular weight excluding hydrogens is 422 g/mol. The first-order valence-electron chi connectivity index (χ1n) is 11.5. The van der Waals surface area contributed by atoms with Crippen LogP contribution in [0.5, 0.6) is 0 Å². The van der Waals surface area contributed by atoms with E-state index in [1.165, 1.54) is 5.52 Å². The Morgan fingerprint density at radius 3 is 2.47 bits per heavy atom. The van der Waals surface area contributed by atoms with E-state index in [0.717, 1.165) is 53.6 Å². The van der Waals surface area contributed by atoms with Crippen molar-refractivity contribution in [2.75, 3.05) is 16.8 Å². The Morgan fingerprint density at radius 1 is 0.882 bits per heavy atom. The molecule has 5 aromatic rings. The van der Waals surface area contributed by atoms with Crippen molar-refractivity contribution in [3.63, 3.8) is 0 Å². The van der Waals surface area contributed by atoms with Gasteiger partial charge in [0.05, 0.1) is 17.6 Å². The molecule has 1 amide bonds. The van der Waals surface area contributed by atoms with Crippen molar-refractivity contribution in [1.82, 2.24) is 14.1 Å². The fourth-order valence-electron chi connectivity index (χ4n) is 4.61. The van der Waals surface area contributed by atoms with Crippen molar-refractivity contribution in [2.45, 2.75) is 20.0 Å². The number of nitrogens with zero attached hydrogens (tertiary/aromatic N) is 4. The number of amides is 1. The number of para-hydroxylation sites is 2. The van der Waals surface area contributed by atoms with E-state index in [4.69, 9.17) is 4.98 Å². The third-order valence-electron chi connectivity index (χ3n) is 6.53. The standard InChI is InChI=1S/C28H25N5O/c1-20-8-11-23(32-16-17-33-26-7-3-2-6-24(26)29-27(33)19-32)18-25(20)30-28(34)21-9-12-22(13-10-21)31-14-4-5-15-31/h2-15,18H,16-17,19H2,1H3,(H,30,34). The number of nitrogens with one attached hydrogen (secondary N) is 1. The maximum atomic E-state index is 13.0. The number of hydrogen-bond acceptors (Lipinski definition) is 3. The van der Waals surface area contributed by atoms with Crippen molar-refractivity contribution in [1.29, 1.82) is 0 Å². The summed E-state index contributed by atoms with van der Waals surface area (Å²) >= 11 is 0. The predicted octanol–water partition coefficient (Wildman–Crippen LogP) is 5.41. The highest BCUT2D eigenvalue weighted by Gasteiger charge is 2.21.